The lowest BCUT2D eigenvalue weighted by atomic mass is 10.1. The van der Waals surface area contributed by atoms with E-state index < -0.39 is 0 Å². The van der Waals surface area contributed by atoms with Gasteiger partial charge in [-0.25, -0.2) is 0 Å². The Morgan fingerprint density at radius 1 is 0.500 bits per heavy atom. The Morgan fingerprint density at radius 3 is 1.41 bits per heavy atom. The fourth-order valence-corrected chi connectivity index (χ4v) is 2.05. The highest BCUT2D eigenvalue weighted by atomic mass is 14.7. The Labute approximate surface area is 130 Å². The standard InChI is InChI=1S/C20H16N2/c1-3-10-19(11-4-1)21-15-17-8-7-9-18(14-17)16-22-20-12-5-2-6-13-20/h1-16H/b21-15+,22-16+. The van der Waals surface area contributed by atoms with Crippen molar-refractivity contribution in [1.29, 1.82) is 0 Å². The van der Waals surface area contributed by atoms with Crippen LogP contribution in [0.4, 0.5) is 11.4 Å². The number of aliphatic imine (C=N–C) groups is 2. The predicted octanol–water partition coefficient (Wildman–Crippen LogP) is 5.19. The van der Waals surface area contributed by atoms with E-state index >= 15 is 0 Å². The van der Waals surface area contributed by atoms with E-state index in [-0.39, 0.29) is 0 Å². The van der Waals surface area contributed by atoms with E-state index in [1.807, 2.05) is 91.3 Å². The first kappa shape index (κ1) is 14.0. The van der Waals surface area contributed by atoms with Crippen molar-refractivity contribution in [3.63, 3.8) is 0 Å². The van der Waals surface area contributed by atoms with Crippen LogP contribution in [0.1, 0.15) is 11.1 Å². The molecule has 0 radical (unpaired) electrons. The molecule has 0 aliphatic carbocycles. The van der Waals surface area contributed by atoms with Gasteiger partial charge in [0.15, 0.2) is 0 Å². The maximum absolute atomic E-state index is 4.47. The summed E-state index contributed by atoms with van der Waals surface area (Å²) in [6.07, 6.45) is 3.74. The third-order valence-corrected chi connectivity index (χ3v) is 3.15. The molecule has 3 aromatic carbocycles. The molecular weight excluding hydrogens is 268 g/mol. The molecule has 0 atom stereocenters. The Balaban J connectivity index is 1.75. The van der Waals surface area contributed by atoms with Gasteiger partial charge in [-0.2, -0.15) is 0 Å². The summed E-state index contributed by atoms with van der Waals surface area (Å²) < 4.78 is 0. The number of benzene rings is 3. The van der Waals surface area contributed by atoms with Gasteiger partial charge >= 0.3 is 0 Å². The molecular formula is C20H16N2. The lowest BCUT2D eigenvalue weighted by Gasteiger charge is -1.97. The minimum absolute atomic E-state index is 0.950. The molecule has 0 fully saturated rings. The second-order valence-electron chi connectivity index (χ2n) is 4.86. The minimum Gasteiger partial charge on any atom is -0.256 e. The summed E-state index contributed by atoms with van der Waals surface area (Å²) in [5, 5.41) is 0. The third-order valence-electron chi connectivity index (χ3n) is 3.15. The molecule has 0 aromatic heterocycles. The van der Waals surface area contributed by atoms with Gasteiger partial charge in [0.2, 0.25) is 0 Å². The van der Waals surface area contributed by atoms with Gasteiger partial charge in [-0.1, -0.05) is 54.6 Å². The molecule has 0 amide bonds. The monoisotopic (exact) mass is 284 g/mol. The molecule has 0 saturated carbocycles. The van der Waals surface area contributed by atoms with Crippen molar-refractivity contribution in [2.24, 2.45) is 9.98 Å². The first-order valence-corrected chi connectivity index (χ1v) is 7.18. The molecule has 3 aromatic rings. The molecule has 0 unspecified atom stereocenters. The lowest BCUT2D eigenvalue weighted by molar-refractivity contribution is 1.51. The Kier molecular flexibility index (Phi) is 4.53. The third kappa shape index (κ3) is 4.00. The first-order valence-electron chi connectivity index (χ1n) is 7.18. The molecule has 2 nitrogen and oxygen atoms in total. The summed E-state index contributed by atoms with van der Waals surface area (Å²) in [6, 6.07) is 28.0. The molecule has 0 aliphatic heterocycles. The highest BCUT2D eigenvalue weighted by Gasteiger charge is 1.92. The van der Waals surface area contributed by atoms with Crippen molar-refractivity contribution in [2.45, 2.75) is 0 Å². The van der Waals surface area contributed by atoms with Gasteiger partial charge in [0.05, 0.1) is 11.4 Å². The van der Waals surface area contributed by atoms with E-state index in [4.69, 9.17) is 0 Å². The van der Waals surface area contributed by atoms with Crippen LogP contribution in [0, 0.1) is 0 Å². The molecule has 0 aliphatic rings. The smallest absolute Gasteiger partial charge is 0.0629 e. The van der Waals surface area contributed by atoms with Crippen LogP contribution in [-0.2, 0) is 0 Å². The molecule has 106 valence electrons. The number of hydrogen-bond donors (Lipinski definition) is 0. The number of nitrogens with zero attached hydrogens (tertiary/aromatic N) is 2. The van der Waals surface area contributed by atoms with Crippen molar-refractivity contribution < 1.29 is 0 Å². The fraction of sp³-hybridized carbons (Fsp3) is 0. The zero-order chi connectivity index (χ0) is 15.0. The first-order chi connectivity index (χ1) is 10.9. The van der Waals surface area contributed by atoms with Crippen LogP contribution in [-0.4, -0.2) is 12.4 Å². The zero-order valence-electron chi connectivity index (χ0n) is 12.1. The maximum atomic E-state index is 4.47. The van der Waals surface area contributed by atoms with E-state index in [1.165, 1.54) is 0 Å². The van der Waals surface area contributed by atoms with Crippen LogP contribution in [0.25, 0.3) is 0 Å². The zero-order valence-corrected chi connectivity index (χ0v) is 12.1. The molecule has 2 heteroatoms. The highest BCUT2D eigenvalue weighted by molar-refractivity contribution is 5.88. The van der Waals surface area contributed by atoms with Gasteiger partial charge in [0.1, 0.15) is 0 Å². The normalized spacial score (nSPS) is 11.3. The van der Waals surface area contributed by atoms with Crippen molar-refractivity contribution in [1.82, 2.24) is 0 Å². The highest BCUT2D eigenvalue weighted by Crippen LogP contribution is 2.12. The average molecular weight is 284 g/mol. The van der Waals surface area contributed by atoms with E-state index in [0.29, 0.717) is 0 Å². The van der Waals surface area contributed by atoms with E-state index in [0.717, 1.165) is 22.5 Å². The van der Waals surface area contributed by atoms with Crippen molar-refractivity contribution in [3.05, 3.63) is 96.1 Å². The van der Waals surface area contributed by atoms with E-state index in [9.17, 15) is 0 Å². The van der Waals surface area contributed by atoms with Crippen LogP contribution >= 0.6 is 0 Å². The second-order valence-corrected chi connectivity index (χ2v) is 4.86. The molecule has 22 heavy (non-hydrogen) atoms. The SMILES string of the molecule is C(=N\c1ccccc1)/c1cccc(/C=N/c2ccccc2)c1. The summed E-state index contributed by atoms with van der Waals surface area (Å²) in [4.78, 5) is 8.93. The van der Waals surface area contributed by atoms with Crippen molar-refractivity contribution in [3.8, 4) is 0 Å². The number of hydrogen-bond acceptors (Lipinski definition) is 2. The summed E-state index contributed by atoms with van der Waals surface area (Å²) in [5.74, 6) is 0. The number of para-hydroxylation sites is 2. The van der Waals surface area contributed by atoms with Crippen LogP contribution in [0.15, 0.2) is 94.9 Å². The molecule has 0 N–H and O–H groups in total. The van der Waals surface area contributed by atoms with Crippen LogP contribution in [0.5, 0.6) is 0 Å². The predicted molar refractivity (Wildman–Crippen MR) is 93.8 cm³/mol. The van der Waals surface area contributed by atoms with Crippen LogP contribution in [0.2, 0.25) is 0 Å². The summed E-state index contributed by atoms with van der Waals surface area (Å²) in [6.45, 7) is 0. The second kappa shape index (κ2) is 7.14. The quantitative estimate of drug-likeness (QED) is 0.589. The minimum atomic E-state index is 0.950. The summed E-state index contributed by atoms with van der Waals surface area (Å²) >= 11 is 0. The van der Waals surface area contributed by atoms with Crippen LogP contribution in [0.3, 0.4) is 0 Å². The van der Waals surface area contributed by atoms with Gasteiger partial charge in [0, 0.05) is 12.4 Å². The van der Waals surface area contributed by atoms with Crippen LogP contribution < -0.4 is 0 Å². The summed E-state index contributed by atoms with van der Waals surface area (Å²) in [5.41, 5.74) is 4.01. The van der Waals surface area contributed by atoms with Gasteiger partial charge in [-0.05, 0) is 41.5 Å². The van der Waals surface area contributed by atoms with Gasteiger partial charge in [-0.3, -0.25) is 9.98 Å². The average Bonchev–Trinajstić information content (AvgIpc) is 2.60. The van der Waals surface area contributed by atoms with Gasteiger partial charge in [0.25, 0.3) is 0 Å². The van der Waals surface area contributed by atoms with Gasteiger partial charge < -0.3 is 0 Å². The van der Waals surface area contributed by atoms with Gasteiger partial charge in [-0.15, -0.1) is 0 Å². The molecule has 0 bridgehead atoms. The summed E-state index contributed by atoms with van der Waals surface area (Å²) in [7, 11) is 0. The molecule has 3 rings (SSSR count). The van der Waals surface area contributed by atoms with E-state index in [2.05, 4.69) is 16.1 Å². The molecule has 0 saturated heterocycles. The maximum Gasteiger partial charge on any atom is 0.0629 e. The fourth-order valence-electron chi connectivity index (χ4n) is 2.05. The molecule has 0 spiro atoms. The Bertz CT molecular complexity index is 710. The Morgan fingerprint density at radius 2 is 0.955 bits per heavy atom. The Hall–Kier alpha value is -3.00. The molecule has 0 heterocycles. The largest absolute Gasteiger partial charge is 0.256 e. The van der Waals surface area contributed by atoms with Crippen molar-refractivity contribution >= 4 is 23.8 Å². The lowest BCUT2D eigenvalue weighted by Crippen LogP contribution is -1.85. The topological polar surface area (TPSA) is 24.7 Å². The van der Waals surface area contributed by atoms with E-state index in [1.54, 1.807) is 0 Å². The van der Waals surface area contributed by atoms with Crippen molar-refractivity contribution in [2.75, 3.05) is 0 Å². The number of rotatable bonds is 4.